The SMILES string of the molecule is CCCC/C=C/c1ccc(-c2ccc(-c3cc(C(F)(F)F)n[n-]3)nc2)s1.O=C(O)c1ccnc(-c2cc(C(=O)O)cc(-c3cc(C(=O)O)ccn3)n2)c1.[N-]=C=S.[Ru+2]. The molecule has 13 nitrogen and oxygen atoms in total. The predicted octanol–water partition coefficient (Wildman–Crippen LogP) is 9.01. The molecule has 6 aromatic rings. The summed E-state index contributed by atoms with van der Waals surface area (Å²) in [5.41, 5.74) is 0.778. The van der Waals surface area contributed by atoms with E-state index in [1.165, 1.54) is 66.8 Å². The fraction of sp³-hybridized carbons (Fsp3) is 0.132. The molecule has 0 aliphatic carbocycles. The number of hydrogen-bond donors (Lipinski definition) is 3. The van der Waals surface area contributed by atoms with Crippen molar-refractivity contribution in [1.82, 2.24) is 30.1 Å². The summed E-state index contributed by atoms with van der Waals surface area (Å²) in [5, 5.41) is 42.8. The minimum Gasteiger partial charge on any atom is -0.753 e. The Kier molecular flexibility index (Phi) is 16.9. The van der Waals surface area contributed by atoms with Crippen LogP contribution in [0.5, 0.6) is 0 Å². The van der Waals surface area contributed by atoms with Crippen LogP contribution in [0.4, 0.5) is 13.2 Å². The molecule has 0 saturated carbocycles. The summed E-state index contributed by atoms with van der Waals surface area (Å²) in [7, 11) is 0. The second-order valence-corrected chi connectivity index (χ2v) is 12.6. The number of carbonyl (C=O) groups is 3. The zero-order valence-corrected chi connectivity index (χ0v) is 32.7. The first kappa shape index (κ1) is 45.3. The Bertz CT molecular complexity index is 2320. The molecule has 0 bridgehead atoms. The summed E-state index contributed by atoms with van der Waals surface area (Å²) in [6.45, 7) is 2.17. The molecule has 0 aliphatic heterocycles. The predicted molar refractivity (Wildman–Crippen MR) is 205 cm³/mol. The first-order valence-corrected chi connectivity index (χ1v) is 17.4. The zero-order valence-electron chi connectivity index (χ0n) is 29.4. The molecule has 0 atom stereocenters. The number of thiocarbonyl (C=S) groups is 1. The van der Waals surface area contributed by atoms with Crippen LogP contribution >= 0.6 is 23.6 Å². The van der Waals surface area contributed by atoms with Gasteiger partial charge in [-0.1, -0.05) is 43.8 Å². The zero-order chi connectivity index (χ0) is 40.8. The molecule has 0 fully saturated rings. The largest absolute Gasteiger partial charge is 2.00 e. The average molecular weight is 901 g/mol. The molecule has 57 heavy (non-hydrogen) atoms. The third kappa shape index (κ3) is 13.0. The summed E-state index contributed by atoms with van der Waals surface area (Å²) >= 11 is 5.35. The molecule has 3 N–H and O–H groups in total. The number of hydrogen-bond acceptors (Lipinski definition) is 10. The van der Waals surface area contributed by atoms with Gasteiger partial charge in [0.25, 0.3) is 0 Å². The summed E-state index contributed by atoms with van der Waals surface area (Å²) < 4.78 is 37.8. The van der Waals surface area contributed by atoms with E-state index < -0.39 is 29.8 Å². The smallest absolute Gasteiger partial charge is 0.753 e. The maximum absolute atomic E-state index is 12.6. The quantitative estimate of drug-likeness (QED) is 0.0480. The van der Waals surface area contributed by atoms with Crippen molar-refractivity contribution in [3.8, 4) is 44.6 Å². The number of thiophene rings is 1. The van der Waals surface area contributed by atoms with Gasteiger partial charge in [0, 0.05) is 39.6 Å². The van der Waals surface area contributed by atoms with E-state index in [0.717, 1.165) is 27.8 Å². The Morgan fingerprint density at radius 3 is 1.86 bits per heavy atom. The van der Waals surface area contributed by atoms with Crippen LogP contribution in [0.15, 0.2) is 91.4 Å². The van der Waals surface area contributed by atoms with Crippen LogP contribution in [-0.4, -0.2) is 63.4 Å². The first-order chi connectivity index (χ1) is 26.7. The van der Waals surface area contributed by atoms with Crippen LogP contribution in [0, 0.1) is 0 Å². The molecular formula is C38H28F3N7O6RuS2. The van der Waals surface area contributed by atoms with Gasteiger partial charge in [-0.25, -0.2) is 19.4 Å². The second-order valence-electron chi connectivity index (χ2n) is 11.3. The molecule has 292 valence electrons. The number of alkyl halides is 3. The number of rotatable bonds is 11. The van der Waals surface area contributed by atoms with Gasteiger partial charge in [-0.2, -0.15) is 18.3 Å². The van der Waals surface area contributed by atoms with Gasteiger partial charge >= 0.3 is 43.6 Å². The Morgan fingerprint density at radius 2 is 1.39 bits per heavy atom. The van der Waals surface area contributed by atoms with Crippen LogP contribution in [0.25, 0.3) is 56.1 Å². The van der Waals surface area contributed by atoms with Gasteiger partial charge in [0.2, 0.25) is 0 Å². The monoisotopic (exact) mass is 901 g/mol. The normalized spacial score (nSPS) is 10.6. The number of carboxylic acids is 3. The Balaban J connectivity index is 0.000000281. The second kappa shape index (κ2) is 21.2. The minimum absolute atomic E-state index is 0. The van der Waals surface area contributed by atoms with E-state index in [1.807, 2.05) is 12.1 Å². The van der Waals surface area contributed by atoms with Gasteiger partial charge in [-0.3, -0.25) is 15.0 Å². The van der Waals surface area contributed by atoms with Gasteiger partial charge in [0.1, 0.15) is 5.69 Å². The van der Waals surface area contributed by atoms with E-state index in [9.17, 15) is 32.7 Å². The minimum atomic E-state index is -4.50. The van der Waals surface area contributed by atoms with Crippen molar-refractivity contribution in [2.75, 3.05) is 0 Å². The van der Waals surface area contributed by atoms with Crippen molar-refractivity contribution in [1.29, 1.82) is 0 Å². The van der Waals surface area contributed by atoms with Crippen LogP contribution in [-0.2, 0) is 25.7 Å². The maximum Gasteiger partial charge on any atom is 2.00 e. The van der Waals surface area contributed by atoms with Crippen LogP contribution in [0.1, 0.15) is 67.8 Å². The number of isothiocyanates is 1. The summed E-state index contributed by atoms with van der Waals surface area (Å²) in [6, 6.07) is 16.1. The van der Waals surface area contributed by atoms with E-state index in [-0.39, 0.29) is 64.6 Å². The van der Waals surface area contributed by atoms with Crippen molar-refractivity contribution >= 4 is 52.7 Å². The Hall–Kier alpha value is -6.13. The van der Waals surface area contributed by atoms with Gasteiger partial charge in [0.05, 0.1) is 39.5 Å². The fourth-order valence-electron chi connectivity index (χ4n) is 4.69. The van der Waals surface area contributed by atoms with Crippen LogP contribution < -0.4 is 5.10 Å². The van der Waals surface area contributed by atoms with Gasteiger partial charge < -0.3 is 30.9 Å². The number of pyridine rings is 4. The molecule has 0 unspecified atom stereocenters. The number of aromatic carboxylic acids is 3. The fourth-order valence-corrected chi connectivity index (χ4v) is 5.62. The summed E-state index contributed by atoms with van der Waals surface area (Å²) in [6.07, 6.45) is 7.42. The molecule has 0 spiro atoms. The van der Waals surface area contributed by atoms with Crippen LogP contribution in [0.2, 0.25) is 0 Å². The van der Waals surface area contributed by atoms with E-state index in [2.05, 4.69) is 67.5 Å². The molecule has 0 amide bonds. The molecule has 0 radical (unpaired) electrons. The van der Waals surface area contributed by atoms with Crippen molar-refractivity contribution in [3.63, 3.8) is 0 Å². The Morgan fingerprint density at radius 1 is 0.825 bits per heavy atom. The molecule has 0 aliphatic rings. The maximum atomic E-state index is 12.6. The number of carboxylic acid groups (broad SMARTS) is 3. The molecule has 19 heteroatoms. The number of nitrogens with zero attached hydrogens (tertiary/aromatic N) is 7. The van der Waals surface area contributed by atoms with Gasteiger partial charge in [0.15, 0.2) is 0 Å². The molecule has 0 saturated heterocycles. The average Bonchev–Trinajstić information content (AvgIpc) is 3.89. The third-order valence-electron chi connectivity index (χ3n) is 7.38. The number of halogens is 3. The molecule has 0 aromatic carbocycles. The standard InChI is InChI=1S/C19H17F3N3S.C18H11N3O6.CNS.Ru/c1-2-3-4-5-6-14-8-10-17(26-14)13-7-9-15(23-12-13)16-11-18(25-24-16)19(20,21)22;22-16(23)9-1-3-19-12(5-9)14-7-11(18(26)27)8-15(21-14)13-6-10(17(24)25)2-4-20-13;2-1-3;/h5-12H,2-4H2,1H3;1-8H,(H,22,23)(H,24,25)(H,26,27);;/q-1;;-1;+2/b6-5+;;;. The van der Waals surface area contributed by atoms with Crippen molar-refractivity contribution in [3.05, 3.63) is 124 Å². The number of allylic oxidation sites excluding steroid dienone is 1. The van der Waals surface area contributed by atoms with E-state index >= 15 is 0 Å². The number of aromatic nitrogens is 6. The topological polar surface area (TPSA) is 213 Å². The number of unbranched alkanes of at least 4 members (excludes halogenated alkanes) is 2. The van der Waals surface area contributed by atoms with Crippen LogP contribution in [0.3, 0.4) is 0 Å². The summed E-state index contributed by atoms with van der Waals surface area (Å²) in [4.78, 5) is 52.6. The van der Waals surface area contributed by atoms with Crippen molar-refractivity contribution in [2.45, 2.75) is 32.4 Å². The van der Waals surface area contributed by atoms with Crippen molar-refractivity contribution < 1.29 is 62.4 Å². The van der Waals surface area contributed by atoms with Crippen molar-refractivity contribution in [2.24, 2.45) is 0 Å². The van der Waals surface area contributed by atoms with Gasteiger partial charge in [-0.05, 0) is 79.2 Å². The van der Waals surface area contributed by atoms with E-state index in [0.29, 0.717) is 5.69 Å². The van der Waals surface area contributed by atoms with E-state index in [1.54, 1.807) is 23.6 Å². The summed E-state index contributed by atoms with van der Waals surface area (Å²) in [5.74, 6) is -3.56. The Labute approximate surface area is 344 Å². The molecule has 6 aromatic heterocycles. The molecular weight excluding hydrogens is 873 g/mol. The molecule has 6 heterocycles. The molecule has 6 rings (SSSR count). The van der Waals surface area contributed by atoms with E-state index in [4.69, 9.17) is 15.6 Å². The first-order valence-electron chi connectivity index (χ1n) is 16.2. The third-order valence-corrected chi connectivity index (χ3v) is 8.48. The van der Waals surface area contributed by atoms with Gasteiger partial charge in [-0.15, -0.1) is 11.3 Å².